The van der Waals surface area contributed by atoms with Crippen molar-refractivity contribution in [2.75, 3.05) is 0 Å². The molecule has 0 saturated carbocycles. The number of pyridine rings is 4. The molecule has 9 aromatic rings. The Morgan fingerprint density at radius 1 is 0.481 bits per heavy atom. The van der Waals surface area contributed by atoms with Crippen molar-refractivity contribution < 1.29 is 8.78 Å². The van der Waals surface area contributed by atoms with Crippen LogP contribution in [0, 0.1) is 11.6 Å². The second kappa shape index (κ2) is 12.8. The molecule has 0 aliphatic heterocycles. The van der Waals surface area contributed by atoms with Crippen LogP contribution in [-0.2, 0) is 0 Å². The zero-order chi connectivity index (χ0) is 36.2. The predicted molar refractivity (Wildman–Crippen MR) is 208 cm³/mol. The summed E-state index contributed by atoms with van der Waals surface area (Å²) < 4.78 is 31.5. The first-order valence-corrected chi connectivity index (χ1v) is 17.5. The minimum atomic E-state index is -0.450. The molecular formula is C45H27F2N7. The van der Waals surface area contributed by atoms with Gasteiger partial charge >= 0.3 is 0 Å². The number of aromatic nitrogens is 7. The van der Waals surface area contributed by atoms with Crippen molar-refractivity contribution in [2.24, 2.45) is 0 Å². The second-order valence-electron chi connectivity index (χ2n) is 13.3. The van der Waals surface area contributed by atoms with Crippen LogP contribution in [0.25, 0.3) is 88.6 Å². The maximum atomic E-state index is 15.7. The van der Waals surface area contributed by atoms with Gasteiger partial charge in [-0.05, 0) is 101 Å². The van der Waals surface area contributed by atoms with Gasteiger partial charge in [-0.3, -0.25) is 19.9 Å². The Morgan fingerprint density at radius 2 is 0.963 bits per heavy atom. The average Bonchev–Trinajstić information content (AvgIpc) is 3.23. The number of nitrogens with zero attached hydrogens (tertiary/aromatic N) is 7. The molecular weight excluding hydrogens is 677 g/mol. The number of hydrogen-bond donors (Lipinski definition) is 0. The number of fused-ring (bicyclic) bond motifs is 6. The number of halogens is 2. The van der Waals surface area contributed by atoms with Crippen molar-refractivity contribution in [1.82, 2.24) is 34.9 Å². The van der Waals surface area contributed by atoms with Gasteiger partial charge in [0.25, 0.3) is 0 Å². The molecule has 0 bridgehead atoms. The number of hydrogen-bond acceptors (Lipinski definition) is 7. The molecule has 9 heteroatoms. The topological polar surface area (TPSA) is 90.2 Å². The van der Waals surface area contributed by atoms with Crippen LogP contribution in [0.5, 0.6) is 0 Å². The lowest BCUT2D eigenvalue weighted by molar-refractivity contribution is 0.628. The Labute approximate surface area is 307 Å². The molecule has 5 aromatic heterocycles. The summed E-state index contributed by atoms with van der Waals surface area (Å²) in [5, 5.41) is 3.46. The molecule has 1 aliphatic carbocycles. The summed E-state index contributed by atoms with van der Waals surface area (Å²) in [7, 11) is 0. The Balaban J connectivity index is 1.16. The molecule has 7 nitrogen and oxygen atoms in total. The third-order valence-corrected chi connectivity index (χ3v) is 9.82. The molecule has 0 amide bonds. The smallest absolute Gasteiger partial charge is 0.163 e. The third kappa shape index (κ3) is 5.54. The third-order valence-electron chi connectivity index (χ3n) is 9.82. The molecule has 1 aliphatic rings. The summed E-state index contributed by atoms with van der Waals surface area (Å²) >= 11 is 0. The molecule has 0 radical (unpaired) electrons. The molecule has 0 spiro atoms. The predicted octanol–water partition coefficient (Wildman–Crippen LogP) is 10.6. The van der Waals surface area contributed by atoms with E-state index in [0.717, 1.165) is 54.7 Å². The Kier molecular flexibility index (Phi) is 7.50. The van der Waals surface area contributed by atoms with Crippen LogP contribution in [0.1, 0.15) is 18.2 Å². The van der Waals surface area contributed by atoms with Gasteiger partial charge in [-0.1, -0.05) is 48.6 Å². The fourth-order valence-corrected chi connectivity index (χ4v) is 7.37. The maximum Gasteiger partial charge on any atom is 0.163 e. The SMILES string of the molecule is Fc1cc(-c2nc(-c3cc(F)cc(-c4cc5cccnc5c5ncccc45)c3)nc(C3C=CC=CC3)n2)cc(-c2cc3cccnc3c3ncccc23)c1. The molecule has 54 heavy (non-hydrogen) atoms. The minimum Gasteiger partial charge on any atom is -0.254 e. The van der Waals surface area contributed by atoms with Crippen LogP contribution in [0.15, 0.2) is 146 Å². The Morgan fingerprint density at radius 3 is 1.46 bits per heavy atom. The highest BCUT2D eigenvalue weighted by atomic mass is 19.1. The summed E-state index contributed by atoms with van der Waals surface area (Å²) in [5.74, 6) is 0.0117. The highest BCUT2D eigenvalue weighted by Gasteiger charge is 2.21. The standard InChI is InChI=1S/C45H27F2N7/c46-33-20-29(37-24-27-10-4-14-48-39(27)41-35(37)12-6-16-50-41)18-31(22-33)44-52-43(26-8-2-1-3-9-26)53-45(54-44)32-19-30(21-34(47)23-32)38-25-28-11-5-15-49-40(28)42-36(38)13-7-17-51-42/h1-8,10-26H,9H2. The van der Waals surface area contributed by atoms with Crippen molar-refractivity contribution in [3.63, 3.8) is 0 Å². The zero-order valence-electron chi connectivity index (χ0n) is 28.5. The van der Waals surface area contributed by atoms with Crippen LogP contribution in [0.4, 0.5) is 8.78 Å². The van der Waals surface area contributed by atoms with E-state index in [9.17, 15) is 0 Å². The number of allylic oxidation sites excluding steroid dienone is 4. The first-order valence-electron chi connectivity index (χ1n) is 17.5. The molecule has 1 unspecified atom stereocenters. The average molecular weight is 704 g/mol. The highest BCUT2D eigenvalue weighted by Crippen LogP contribution is 2.38. The summed E-state index contributed by atoms with van der Waals surface area (Å²) in [6.45, 7) is 0. The minimum absolute atomic E-state index is 0.150. The van der Waals surface area contributed by atoms with Crippen LogP contribution in [0.3, 0.4) is 0 Å². The van der Waals surface area contributed by atoms with E-state index in [1.54, 1.807) is 24.8 Å². The van der Waals surface area contributed by atoms with Crippen molar-refractivity contribution in [2.45, 2.75) is 12.3 Å². The fraction of sp³-hybridized carbons (Fsp3) is 0.0444. The van der Waals surface area contributed by atoms with Crippen molar-refractivity contribution in [3.8, 4) is 45.0 Å². The van der Waals surface area contributed by atoms with Crippen molar-refractivity contribution >= 4 is 43.6 Å². The van der Waals surface area contributed by atoms with Gasteiger partial charge < -0.3 is 0 Å². The lowest BCUT2D eigenvalue weighted by atomic mass is 9.95. The molecule has 1 atom stereocenters. The Hall–Kier alpha value is -7.13. The quantitative estimate of drug-likeness (QED) is 0.165. The van der Waals surface area contributed by atoms with E-state index >= 15 is 8.78 Å². The van der Waals surface area contributed by atoms with Crippen LogP contribution in [-0.4, -0.2) is 34.9 Å². The highest BCUT2D eigenvalue weighted by molar-refractivity contribution is 6.11. The zero-order valence-corrected chi connectivity index (χ0v) is 28.5. The molecule has 0 N–H and O–H groups in total. The van der Waals surface area contributed by atoms with Gasteiger partial charge in [-0.2, -0.15) is 0 Å². The van der Waals surface area contributed by atoms with Crippen LogP contribution >= 0.6 is 0 Å². The summed E-state index contributed by atoms with van der Waals surface area (Å²) in [4.78, 5) is 33.1. The molecule has 5 heterocycles. The number of benzene rings is 4. The molecule has 0 saturated heterocycles. The second-order valence-corrected chi connectivity index (χ2v) is 13.3. The molecule has 4 aromatic carbocycles. The monoisotopic (exact) mass is 703 g/mol. The van der Waals surface area contributed by atoms with E-state index in [1.807, 2.05) is 91.0 Å². The van der Waals surface area contributed by atoms with Crippen molar-refractivity contribution in [1.29, 1.82) is 0 Å². The largest absolute Gasteiger partial charge is 0.254 e. The summed E-state index contributed by atoms with van der Waals surface area (Å²) in [5.41, 5.74) is 6.80. The lowest BCUT2D eigenvalue weighted by Crippen LogP contribution is -2.08. The number of rotatable bonds is 5. The first-order chi connectivity index (χ1) is 26.6. The normalized spacial score (nSPS) is 14.1. The van der Waals surface area contributed by atoms with E-state index in [0.29, 0.717) is 34.5 Å². The van der Waals surface area contributed by atoms with Gasteiger partial charge in [-0.15, -0.1) is 0 Å². The fourth-order valence-electron chi connectivity index (χ4n) is 7.37. The molecule has 0 fully saturated rings. The maximum absolute atomic E-state index is 15.7. The Bertz CT molecular complexity index is 2840. The van der Waals surface area contributed by atoms with E-state index in [2.05, 4.69) is 26.0 Å². The van der Waals surface area contributed by atoms with E-state index in [1.165, 1.54) is 24.3 Å². The van der Waals surface area contributed by atoms with Crippen molar-refractivity contribution in [3.05, 3.63) is 164 Å². The molecule has 10 rings (SSSR count). The first kappa shape index (κ1) is 31.6. The van der Waals surface area contributed by atoms with Gasteiger partial charge in [0.15, 0.2) is 11.6 Å². The summed E-state index contributed by atoms with van der Waals surface area (Å²) in [6, 6.07) is 28.9. The van der Waals surface area contributed by atoms with Crippen LogP contribution < -0.4 is 0 Å². The van der Waals surface area contributed by atoms with Gasteiger partial charge in [0.05, 0.1) is 22.1 Å². The van der Waals surface area contributed by atoms with Gasteiger partial charge in [0.1, 0.15) is 17.5 Å². The van der Waals surface area contributed by atoms with Crippen LogP contribution in [0.2, 0.25) is 0 Å². The van der Waals surface area contributed by atoms with Gasteiger partial charge in [0, 0.05) is 63.4 Å². The van der Waals surface area contributed by atoms with Gasteiger partial charge in [0.2, 0.25) is 0 Å². The molecule has 256 valence electrons. The van der Waals surface area contributed by atoms with E-state index in [-0.39, 0.29) is 17.6 Å². The van der Waals surface area contributed by atoms with E-state index in [4.69, 9.17) is 15.0 Å². The lowest BCUT2D eigenvalue weighted by Gasteiger charge is -2.16. The van der Waals surface area contributed by atoms with E-state index < -0.39 is 11.6 Å². The van der Waals surface area contributed by atoms with Gasteiger partial charge in [-0.25, -0.2) is 23.7 Å². The summed E-state index contributed by atoms with van der Waals surface area (Å²) in [6.07, 6.45) is 15.6.